The maximum absolute atomic E-state index is 11.9. The summed E-state index contributed by atoms with van der Waals surface area (Å²) < 4.78 is 0. The number of rotatable bonds is 3. The molecule has 0 unspecified atom stereocenters. The molecule has 0 spiro atoms. The van der Waals surface area contributed by atoms with Crippen LogP contribution in [0.4, 0.5) is 5.69 Å². The Hall–Kier alpha value is -2.75. The predicted octanol–water partition coefficient (Wildman–Crippen LogP) is 3.59. The molecule has 1 aliphatic rings. The summed E-state index contributed by atoms with van der Waals surface area (Å²) in [4.78, 5) is 11.9. The van der Waals surface area contributed by atoms with Gasteiger partial charge in [-0.15, -0.1) is 5.10 Å². The van der Waals surface area contributed by atoms with Crippen molar-refractivity contribution in [3.63, 3.8) is 0 Å². The molecular weight excluding hydrogens is 274 g/mol. The SMILES string of the molecule is CC(C)c1ccc(C=N/N=C2\C(=O)Nc3ccccc32)cc1. The Bertz CT molecular complexity index is 758. The molecule has 4 heteroatoms. The highest BCUT2D eigenvalue weighted by Crippen LogP contribution is 2.22. The Labute approximate surface area is 129 Å². The number of para-hydroxylation sites is 1. The van der Waals surface area contributed by atoms with Crippen molar-refractivity contribution in [2.45, 2.75) is 19.8 Å². The fourth-order valence-corrected chi connectivity index (χ4v) is 2.32. The number of hydrogen-bond donors (Lipinski definition) is 1. The number of hydrogen-bond acceptors (Lipinski definition) is 3. The standard InChI is InChI=1S/C18H17N3O/c1-12(2)14-9-7-13(8-10-14)11-19-21-17-15-5-3-4-6-16(15)20-18(17)22/h3-12H,1-2H3,(H,20,21,22). The van der Waals surface area contributed by atoms with E-state index < -0.39 is 0 Å². The van der Waals surface area contributed by atoms with Crippen LogP contribution in [0.15, 0.2) is 58.7 Å². The lowest BCUT2D eigenvalue weighted by Gasteiger charge is -2.04. The van der Waals surface area contributed by atoms with Crippen LogP contribution in [0.1, 0.15) is 36.5 Å². The Morgan fingerprint density at radius 1 is 1.05 bits per heavy atom. The van der Waals surface area contributed by atoms with Crippen molar-refractivity contribution in [3.8, 4) is 0 Å². The van der Waals surface area contributed by atoms with Crippen LogP contribution in [0.5, 0.6) is 0 Å². The first-order valence-corrected chi connectivity index (χ1v) is 7.27. The number of anilines is 1. The van der Waals surface area contributed by atoms with Gasteiger partial charge in [-0.3, -0.25) is 4.79 Å². The molecule has 0 fully saturated rings. The molecule has 22 heavy (non-hydrogen) atoms. The molecule has 1 aliphatic heterocycles. The van der Waals surface area contributed by atoms with E-state index in [2.05, 4.69) is 41.5 Å². The quantitative estimate of drug-likeness (QED) is 0.682. The first-order valence-electron chi connectivity index (χ1n) is 7.27. The first kappa shape index (κ1) is 14.2. The maximum atomic E-state index is 11.9. The summed E-state index contributed by atoms with van der Waals surface area (Å²) >= 11 is 0. The maximum Gasteiger partial charge on any atom is 0.276 e. The molecule has 0 bridgehead atoms. The van der Waals surface area contributed by atoms with Crippen molar-refractivity contribution in [1.29, 1.82) is 0 Å². The topological polar surface area (TPSA) is 53.8 Å². The average molecular weight is 291 g/mol. The summed E-state index contributed by atoms with van der Waals surface area (Å²) in [5.74, 6) is 0.290. The molecule has 0 aliphatic carbocycles. The van der Waals surface area contributed by atoms with Gasteiger partial charge in [0.05, 0.1) is 11.9 Å². The van der Waals surface area contributed by atoms with Crippen LogP contribution in [-0.4, -0.2) is 17.8 Å². The smallest absolute Gasteiger partial charge is 0.276 e. The summed E-state index contributed by atoms with van der Waals surface area (Å²) in [7, 11) is 0. The lowest BCUT2D eigenvalue weighted by molar-refractivity contribution is -0.110. The van der Waals surface area contributed by atoms with Crippen LogP contribution in [0.2, 0.25) is 0 Å². The van der Waals surface area contributed by atoms with E-state index >= 15 is 0 Å². The molecule has 0 saturated carbocycles. The number of carbonyl (C=O) groups excluding carboxylic acids is 1. The third-order valence-corrected chi connectivity index (χ3v) is 3.61. The number of carbonyl (C=O) groups is 1. The second kappa shape index (κ2) is 5.93. The van der Waals surface area contributed by atoms with Gasteiger partial charge in [-0.1, -0.05) is 56.3 Å². The molecule has 110 valence electrons. The largest absolute Gasteiger partial charge is 0.320 e. The van der Waals surface area contributed by atoms with E-state index in [0.717, 1.165) is 16.8 Å². The summed E-state index contributed by atoms with van der Waals surface area (Å²) in [5, 5.41) is 10.9. The van der Waals surface area contributed by atoms with E-state index in [1.807, 2.05) is 36.4 Å². The molecule has 0 aromatic heterocycles. The Morgan fingerprint density at radius 3 is 2.50 bits per heavy atom. The monoisotopic (exact) mass is 291 g/mol. The number of nitrogens with zero attached hydrogens (tertiary/aromatic N) is 2. The number of nitrogens with one attached hydrogen (secondary N) is 1. The van der Waals surface area contributed by atoms with E-state index in [4.69, 9.17) is 0 Å². The first-order chi connectivity index (χ1) is 10.6. The fourth-order valence-electron chi connectivity index (χ4n) is 2.32. The molecule has 4 nitrogen and oxygen atoms in total. The molecule has 0 saturated heterocycles. The minimum atomic E-state index is -0.214. The highest BCUT2D eigenvalue weighted by atomic mass is 16.2. The zero-order valence-electron chi connectivity index (χ0n) is 12.6. The van der Waals surface area contributed by atoms with Gasteiger partial charge in [0.1, 0.15) is 0 Å². The molecule has 0 radical (unpaired) electrons. The van der Waals surface area contributed by atoms with E-state index in [-0.39, 0.29) is 5.91 Å². The van der Waals surface area contributed by atoms with E-state index in [1.165, 1.54) is 5.56 Å². The van der Waals surface area contributed by atoms with Gasteiger partial charge in [-0.05, 0) is 23.1 Å². The van der Waals surface area contributed by atoms with Crippen LogP contribution in [0.25, 0.3) is 0 Å². The van der Waals surface area contributed by atoms with Gasteiger partial charge < -0.3 is 5.32 Å². The lowest BCUT2D eigenvalue weighted by Crippen LogP contribution is -2.13. The highest BCUT2D eigenvalue weighted by molar-refractivity contribution is 6.53. The third-order valence-electron chi connectivity index (χ3n) is 3.61. The number of benzene rings is 2. The Kier molecular flexibility index (Phi) is 3.83. The molecule has 2 aromatic rings. The van der Waals surface area contributed by atoms with Crippen molar-refractivity contribution < 1.29 is 4.79 Å². The minimum Gasteiger partial charge on any atom is -0.320 e. The summed E-state index contributed by atoms with van der Waals surface area (Å²) in [6.45, 7) is 4.32. The molecule has 2 aromatic carbocycles. The van der Waals surface area contributed by atoms with Crippen LogP contribution >= 0.6 is 0 Å². The highest BCUT2D eigenvalue weighted by Gasteiger charge is 2.25. The number of fused-ring (bicyclic) bond motifs is 1. The predicted molar refractivity (Wildman–Crippen MR) is 89.7 cm³/mol. The normalized spacial score (nSPS) is 15.6. The lowest BCUT2D eigenvalue weighted by atomic mass is 10.0. The summed E-state index contributed by atoms with van der Waals surface area (Å²) in [5.41, 5.74) is 4.17. The van der Waals surface area contributed by atoms with Gasteiger partial charge in [0, 0.05) is 5.56 Å². The van der Waals surface area contributed by atoms with Crippen LogP contribution in [-0.2, 0) is 4.79 Å². The minimum absolute atomic E-state index is 0.214. The second-order valence-electron chi connectivity index (χ2n) is 5.51. The fraction of sp³-hybridized carbons (Fsp3) is 0.167. The van der Waals surface area contributed by atoms with Gasteiger partial charge in [0.15, 0.2) is 5.71 Å². The zero-order valence-corrected chi connectivity index (χ0v) is 12.6. The van der Waals surface area contributed by atoms with E-state index in [1.54, 1.807) is 6.21 Å². The Balaban J connectivity index is 1.80. The van der Waals surface area contributed by atoms with E-state index in [9.17, 15) is 4.79 Å². The zero-order chi connectivity index (χ0) is 15.5. The molecule has 0 atom stereocenters. The molecular formula is C18H17N3O. The van der Waals surface area contributed by atoms with Crippen molar-refractivity contribution in [1.82, 2.24) is 0 Å². The molecule has 1 heterocycles. The van der Waals surface area contributed by atoms with Gasteiger partial charge >= 0.3 is 0 Å². The van der Waals surface area contributed by atoms with Crippen LogP contribution < -0.4 is 5.32 Å². The average Bonchev–Trinajstić information content (AvgIpc) is 2.84. The molecule has 1 amide bonds. The van der Waals surface area contributed by atoms with Crippen molar-refractivity contribution >= 4 is 23.5 Å². The molecule has 3 rings (SSSR count). The van der Waals surface area contributed by atoms with Gasteiger partial charge in [0.25, 0.3) is 5.91 Å². The van der Waals surface area contributed by atoms with Gasteiger partial charge in [-0.25, -0.2) is 0 Å². The van der Waals surface area contributed by atoms with Crippen LogP contribution in [0, 0.1) is 0 Å². The van der Waals surface area contributed by atoms with Crippen molar-refractivity contribution in [2.24, 2.45) is 10.2 Å². The summed E-state index contributed by atoms with van der Waals surface area (Å²) in [6.07, 6.45) is 1.66. The number of amides is 1. The van der Waals surface area contributed by atoms with E-state index in [0.29, 0.717) is 11.6 Å². The van der Waals surface area contributed by atoms with Crippen molar-refractivity contribution in [3.05, 3.63) is 65.2 Å². The Morgan fingerprint density at radius 2 is 1.77 bits per heavy atom. The third kappa shape index (κ3) is 2.81. The van der Waals surface area contributed by atoms with Gasteiger partial charge in [-0.2, -0.15) is 5.10 Å². The second-order valence-corrected chi connectivity index (χ2v) is 5.51. The summed E-state index contributed by atoms with van der Waals surface area (Å²) in [6, 6.07) is 15.6. The van der Waals surface area contributed by atoms with Crippen molar-refractivity contribution in [2.75, 3.05) is 5.32 Å². The van der Waals surface area contributed by atoms with Gasteiger partial charge in [0.2, 0.25) is 0 Å². The van der Waals surface area contributed by atoms with Crippen LogP contribution in [0.3, 0.4) is 0 Å². The molecule has 1 N–H and O–H groups in total.